The fourth-order valence-corrected chi connectivity index (χ4v) is 1.93. The molecule has 3 nitrogen and oxygen atoms in total. The van der Waals surface area contributed by atoms with Crippen LogP contribution in [0.1, 0.15) is 30.4 Å². The molecule has 0 aliphatic rings. The summed E-state index contributed by atoms with van der Waals surface area (Å²) in [6.07, 6.45) is 1.39. The largest absolute Gasteiger partial charge is 0.469 e. The molecule has 4 heteroatoms. The van der Waals surface area contributed by atoms with Gasteiger partial charge >= 0.3 is 5.97 Å². The Bertz CT molecular complexity index is 441. The van der Waals surface area contributed by atoms with Crippen LogP contribution in [0, 0.1) is 6.92 Å². The molecule has 18 heavy (non-hydrogen) atoms. The minimum atomic E-state index is -0.350. The topological polar surface area (TPSA) is 43.4 Å². The second-order valence-corrected chi connectivity index (χ2v) is 4.62. The lowest BCUT2D eigenvalue weighted by Crippen LogP contribution is -2.06. The minimum absolute atomic E-state index is 0.0528. The van der Waals surface area contributed by atoms with Crippen LogP contribution in [0.25, 0.3) is 0 Å². The Hall–Kier alpha value is -1.35. The molecule has 1 rings (SSSR count). The predicted molar refractivity (Wildman–Crippen MR) is 70.8 cm³/mol. The summed E-state index contributed by atoms with van der Waals surface area (Å²) in [6.45, 7) is 1.97. The van der Waals surface area contributed by atoms with E-state index in [4.69, 9.17) is 11.6 Å². The van der Waals surface area contributed by atoms with Gasteiger partial charge in [0.2, 0.25) is 0 Å². The number of ketones is 1. The van der Waals surface area contributed by atoms with Crippen molar-refractivity contribution in [3.05, 3.63) is 34.3 Å². The van der Waals surface area contributed by atoms with Crippen LogP contribution < -0.4 is 0 Å². The van der Waals surface area contributed by atoms with Gasteiger partial charge in [0, 0.05) is 17.9 Å². The van der Waals surface area contributed by atoms with Crippen LogP contribution in [-0.4, -0.2) is 18.9 Å². The number of Topliss-reactive ketones (excluding diaryl/α,β-unsaturated/α-hetero) is 1. The molecule has 0 atom stereocenters. The summed E-state index contributed by atoms with van der Waals surface area (Å²) < 4.78 is 4.48. The molecule has 1 aromatic rings. The molecule has 0 aliphatic carbocycles. The van der Waals surface area contributed by atoms with E-state index in [1.165, 1.54) is 7.11 Å². The van der Waals surface area contributed by atoms with Crippen LogP contribution >= 0.6 is 11.6 Å². The van der Waals surface area contributed by atoms with Crippen molar-refractivity contribution in [2.24, 2.45) is 0 Å². The quantitative estimate of drug-likeness (QED) is 0.745. The van der Waals surface area contributed by atoms with E-state index in [1.54, 1.807) is 0 Å². The maximum absolute atomic E-state index is 11.6. The van der Waals surface area contributed by atoms with Gasteiger partial charge in [0.25, 0.3) is 0 Å². The smallest absolute Gasteiger partial charge is 0.305 e. The zero-order valence-corrected chi connectivity index (χ0v) is 11.4. The van der Waals surface area contributed by atoms with Crippen molar-refractivity contribution in [3.8, 4) is 0 Å². The Balaban J connectivity index is 2.40. The van der Waals surface area contributed by atoms with Gasteiger partial charge in [-0.15, -0.1) is 0 Å². The number of carbonyl (C=O) groups is 2. The first-order valence-corrected chi connectivity index (χ1v) is 6.24. The van der Waals surface area contributed by atoms with Crippen LogP contribution in [0.15, 0.2) is 18.2 Å². The van der Waals surface area contributed by atoms with Crippen LogP contribution in [0.3, 0.4) is 0 Å². The summed E-state index contributed by atoms with van der Waals surface area (Å²) in [4.78, 5) is 22.5. The molecule has 0 bridgehead atoms. The third-order valence-corrected chi connectivity index (χ3v) is 3.07. The number of carbonyl (C=O) groups excluding carboxylic acids is 2. The molecule has 0 aromatic heterocycles. The van der Waals surface area contributed by atoms with Crippen molar-refractivity contribution in [2.75, 3.05) is 7.11 Å². The summed E-state index contributed by atoms with van der Waals surface area (Å²) in [5, 5.41) is 0.691. The molecule has 98 valence electrons. The van der Waals surface area contributed by atoms with E-state index < -0.39 is 0 Å². The molecule has 1 aromatic carbocycles. The summed E-state index contributed by atoms with van der Waals surface area (Å²) in [6, 6.07) is 5.79. The van der Waals surface area contributed by atoms with E-state index >= 15 is 0 Å². The average molecular weight is 269 g/mol. The highest BCUT2D eigenvalue weighted by Crippen LogP contribution is 2.19. The molecular formula is C14H17ClO3. The second kappa shape index (κ2) is 7.17. The van der Waals surface area contributed by atoms with Crippen molar-refractivity contribution in [1.29, 1.82) is 0 Å². The number of methoxy groups -OCH3 is 1. The fraction of sp³-hybridized carbons (Fsp3) is 0.429. The summed E-state index contributed by atoms with van der Waals surface area (Å²) in [5.41, 5.74) is 2.06. The number of benzene rings is 1. The molecule has 0 radical (unpaired) electrons. The Labute approximate surface area is 112 Å². The first-order chi connectivity index (χ1) is 8.52. The number of halogens is 1. The maximum atomic E-state index is 11.6. The Morgan fingerprint density at radius 3 is 2.56 bits per heavy atom. The molecule has 0 spiro atoms. The van der Waals surface area contributed by atoms with Gasteiger partial charge in [0.15, 0.2) is 0 Å². The molecule has 0 aliphatic heterocycles. The van der Waals surface area contributed by atoms with Gasteiger partial charge in [-0.05, 0) is 30.5 Å². The highest BCUT2D eigenvalue weighted by Gasteiger charge is 2.08. The van der Waals surface area contributed by atoms with Crippen molar-refractivity contribution in [3.63, 3.8) is 0 Å². The number of ether oxygens (including phenoxy) is 1. The SMILES string of the molecule is COC(=O)CCC(=O)CCc1ccc(C)cc1Cl. The molecule has 0 fully saturated rings. The highest BCUT2D eigenvalue weighted by atomic mass is 35.5. The lowest BCUT2D eigenvalue weighted by Gasteiger charge is -2.05. The Morgan fingerprint density at radius 2 is 1.94 bits per heavy atom. The lowest BCUT2D eigenvalue weighted by atomic mass is 10.0. The molecule has 0 amide bonds. The monoisotopic (exact) mass is 268 g/mol. The van der Waals surface area contributed by atoms with Crippen LogP contribution in [0.4, 0.5) is 0 Å². The Morgan fingerprint density at radius 1 is 1.22 bits per heavy atom. The van der Waals surface area contributed by atoms with Gasteiger partial charge in [-0.25, -0.2) is 0 Å². The number of esters is 1. The first-order valence-electron chi connectivity index (χ1n) is 5.86. The van der Waals surface area contributed by atoms with Crippen molar-refractivity contribution >= 4 is 23.4 Å². The van der Waals surface area contributed by atoms with Crippen molar-refractivity contribution in [2.45, 2.75) is 32.6 Å². The first kappa shape index (κ1) is 14.7. The van der Waals surface area contributed by atoms with E-state index in [0.717, 1.165) is 11.1 Å². The normalized spacial score (nSPS) is 10.2. The number of hydrogen-bond acceptors (Lipinski definition) is 3. The number of rotatable bonds is 6. The van der Waals surface area contributed by atoms with Gasteiger partial charge in [-0.2, -0.15) is 0 Å². The zero-order valence-electron chi connectivity index (χ0n) is 10.7. The lowest BCUT2D eigenvalue weighted by molar-refractivity contribution is -0.141. The van der Waals surface area contributed by atoms with E-state index in [2.05, 4.69) is 4.74 Å². The van der Waals surface area contributed by atoms with Gasteiger partial charge in [0.1, 0.15) is 5.78 Å². The van der Waals surface area contributed by atoms with Gasteiger partial charge in [0.05, 0.1) is 13.5 Å². The van der Waals surface area contributed by atoms with Crippen LogP contribution in [0.2, 0.25) is 5.02 Å². The molecule has 0 unspecified atom stereocenters. The van der Waals surface area contributed by atoms with E-state index in [9.17, 15) is 9.59 Å². The van der Waals surface area contributed by atoms with E-state index in [1.807, 2.05) is 25.1 Å². The summed E-state index contributed by atoms with van der Waals surface area (Å²) in [5.74, 6) is -0.297. The average Bonchev–Trinajstić information content (AvgIpc) is 2.34. The molecule has 0 saturated heterocycles. The predicted octanol–water partition coefficient (Wildman–Crippen LogP) is 3.10. The van der Waals surface area contributed by atoms with E-state index in [0.29, 0.717) is 17.9 Å². The van der Waals surface area contributed by atoms with Gasteiger partial charge in [-0.1, -0.05) is 23.7 Å². The molecule has 0 heterocycles. The number of hydrogen-bond donors (Lipinski definition) is 0. The van der Waals surface area contributed by atoms with Crippen LogP contribution in [0.5, 0.6) is 0 Å². The van der Waals surface area contributed by atoms with E-state index in [-0.39, 0.29) is 24.6 Å². The third-order valence-electron chi connectivity index (χ3n) is 2.72. The molecule has 0 N–H and O–H groups in total. The summed E-state index contributed by atoms with van der Waals surface area (Å²) in [7, 11) is 1.32. The zero-order chi connectivity index (χ0) is 13.5. The standard InChI is InChI=1S/C14H17ClO3/c1-10-3-4-11(13(15)9-10)5-6-12(16)7-8-14(17)18-2/h3-4,9H,5-8H2,1-2H3. The van der Waals surface area contributed by atoms with Crippen LogP contribution in [-0.2, 0) is 20.7 Å². The number of aryl methyl sites for hydroxylation is 2. The summed E-state index contributed by atoms with van der Waals surface area (Å²) >= 11 is 6.08. The van der Waals surface area contributed by atoms with Gasteiger partial charge < -0.3 is 4.74 Å². The fourth-order valence-electron chi connectivity index (χ4n) is 1.60. The molecular weight excluding hydrogens is 252 g/mol. The van der Waals surface area contributed by atoms with Gasteiger partial charge in [-0.3, -0.25) is 9.59 Å². The van der Waals surface area contributed by atoms with Crippen molar-refractivity contribution < 1.29 is 14.3 Å². The third kappa shape index (κ3) is 4.88. The minimum Gasteiger partial charge on any atom is -0.469 e. The van der Waals surface area contributed by atoms with Crippen molar-refractivity contribution in [1.82, 2.24) is 0 Å². The highest BCUT2D eigenvalue weighted by molar-refractivity contribution is 6.31. The molecule has 0 saturated carbocycles. The maximum Gasteiger partial charge on any atom is 0.305 e. The Kier molecular flexibility index (Phi) is 5.86. The second-order valence-electron chi connectivity index (χ2n) is 4.21.